The normalized spacial score (nSPS) is 14.4. The molecule has 5 nitrogen and oxygen atoms in total. The van der Waals surface area contributed by atoms with E-state index in [0.717, 1.165) is 50.9 Å². The molecular formula is C60H38N4O. The standard InChI is InChI=1S/C60H38N4O/c1-3-15-37(16-4-1)61-49-23-11-7-19-41(49)47-35-39(27-31-52(47)61)62-50-24-12-8-21-45(50)57-53(62)32-29-43-44-30-33-54-58(60(44)64(59(43)57)38-17-5-2-6-18-38)46-22-9-13-25-51(46)63(54)40-28-34-56-48(36-40)42-20-10-14-26-55(42)65-56/h1-15,17-37H,16H2. The predicted octanol–water partition coefficient (Wildman–Crippen LogP) is 16.0. The highest BCUT2D eigenvalue weighted by Gasteiger charge is 2.26. The first kappa shape index (κ1) is 35.0. The van der Waals surface area contributed by atoms with Crippen molar-refractivity contribution in [1.82, 2.24) is 18.3 Å². The minimum Gasteiger partial charge on any atom is -0.456 e. The minimum absolute atomic E-state index is 0.274. The molecule has 1 aliphatic rings. The van der Waals surface area contributed by atoms with Crippen molar-refractivity contribution in [3.05, 3.63) is 212 Å². The van der Waals surface area contributed by atoms with Crippen molar-refractivity contribution in [2.75, 3.05) is 0 Å². The molecule has 0 bridgehead atoms. The van der Waals surface area contributed by atoms with Crippen LogP contribution in [0.5, 0.6) is 0 Å². The van der Waals surface area contributed by atoms with Crippen LogP contribution in [-0.2, 0) is 0 Å². The Labute approximate surface area is 372 Å². The first-order chi connectivity index (χ1) is 32.3. The van der Waals surface area contributed by atoms with E-state index in [4.69, 9.17) is 4.42 Å². The number of fused-ring (bicyclic) bond motifs is 17. The third-order valence-corrected chi connectivity index (χ3v) is 14.2. The van der Waals surface area contributed by atoms with Crippen LogP contribution in [0.15, 0.2) is 217 Å². The summed E-state index contributed by atoms with van der Waals surface area (Å²) in [6, 6.07) is 69.4. The van der Waals surface area contributed by atoms with Gasteiger partial charge in [0.05, 0.1) is 39.1 Å². The van der Waals surface area contributed by atoms with Crippen molar-refractivity contribution in [3.8, 4) is 17.1 Å². The molecule has 0 fully saturated rings. The maximum Gasteiger partial charge on any atom is 0.135 e. The van der Waals surface area contributed by atoms with E-state index in [1.54, 1.807) is 0 Å². The van der Waals surface area contributed by atoms with Crippen molar-refractivity contribution in [2.24, 2.45) is 0 Å². The average Bonchev–Trinajstić information content (AvgIpc) is 4.16. The number of hydrogen-bond donors (Lipinski definition) is 0. The van der Waals surface area contributed by atoms with Crippen molar-refractivity contribution in [2.45, 2.75) is 12.5 Å². The van der Waals surface area contributed by atoms with Crippen molar-refractivity contribution < 1.29 is 4.42 Å². The van der Waals surface area contributed by atoms with Gasteiger partial charge in [-0.05, 0) is 91.3 Å². The van der Waals surface area contributed by atoms with Crippen LogP contribution in [0.25, 0.3) is 126 Å². The smallest absolute Gasteiger partial charge is 0.135 e. The second-order valence-electron chi connectivity index (χ2n) is 17.6. The third-order valence-electron chi connectivity index (χ3n) is 14.2. The van der Waals surface area contributed by atoms with Crippen LogP contribution in [0, 0.1) is 0 Å². The molecular weight excluding hydrogens is 793 g/mol. The molecule has 5 heteroatoms. The van der Waals surface area contributed by atoms with E-state index in [9.17, 15) is 0 Å². The second-order valence-corrected chi connectivity index (χ2v) is 17.6. The summed E-state index contributed by atoms with van der Waals surface area (Å²) >= 11 is 0. The Hall–Kier alpha value is -8.54. The first-order valence-corrected chi connectivity index (χ1v) is 22.5. The fraction of sp³-hybridized carbons (Fsp3) is 0.0333. The molecule has 5 heterocycles. The molecule has 1 unspecified atom stereocenters. The maximum absolute atomic E-state index is 6.29. The molecule has 0 saturated heterocycles. The van der Waals surface area contributed by atoms with Gasteiger partial charge in [-0.1, -0.05) is 127 Å². The average molecular weight is 831 g/mol. The van der Waals surface area contributed by atoms with E-state index >= 15 is 0 Å². The number of nitrogens with zero attached hydrogens (tertiary/aromatic N) is 4. The Morgan fingerprint density at radius 1 is 0.354 bits per heavy atom. The summed E-state index contributed by atoms with van der Waals surface area (Å²) in [5.41, 5.74) is 14.8. The molecule has 1 aliphatic carbocycles. The number of rotatable bonds is 4. The fourth-order valence-electron chi connectivity index (χ4n) is 11.6. The van der Waals surface area contributed by atoms with Gasteiger partial charge in [0.1, 0.15) is 11.2 Å². The van der Waals surface area contributed by atoms with E-state index in [-0.39, 0.29) is 6.04 Å². The number of benzene rings is 9. The number of para-hydroxylation sites is 5. The minimum atomic E-state index is 0.274. The Balaban J connectivity index is 1.05. The molecule has 0 radical (unpaired) electrons. The number of allylic oxidation sites excluding steroid dienone is 4. The summed E-state index contributed by atoms with van der Waals surface area (Å²) in [5.74, 6) is 0. The van der Waals surface area contributed by atoms with Crippen LogP contribution in [0.2, 0.25) is 0 Å². The lowest BCUT2D eigenvalue weighted by molar-refractivity contribution is 0.648. The fourth-order valence-corrected chi connectivity index (χ4v) is 11.6. The molecule has 5 aromatic heterocycles. The summed E-state index contributed by atoms with van der Waals surface area (Å²) in [4.78, 5) is 0. The van der Waals surface area contributed by atoms with Crippen molar-refractivity contribution >= 4 is 109 Å². The molecule has 0 aliphatic heterocycles. The highest BCUT2D eigenvalue weighted by molar-refractivity contribution is 6.31. The van der Waals surface area contributed by atoms with Gasteiger partial charge in [0, 0.05) is 82.0 Å². The molecule has 14 aromatic rings. The van der Waals surface area contributed by atoms with Gasteiger partial charge in [-0.25, -0.2) is 0 Å². The van der Waals surface area contributed by atoms with Gasteiger partial charge in [0.15, 0.2) is 0 Å². The van der Waals surface area contributed by atoms with E-state index in [1.807, 2.05) is 6.07 Å². The zero-order valence-electron chi connectivity index (χ0n) is 35.2. The van der Waals surface area contributed by atoms with E-state index in [1.165, 1.54) is 81.7 Å². The topological polar surface area (TPSA) is 32.9 Å². The largest absolute Gasteiger partial charge is 0.456 e. The zero-order chi connectivity index (χ0) is 42.3. The van der Waals surface area contributed by atoms with Gasteiger partial charge < -0.3 is 22.7 Å². The molecule has 65 heavy (non-hydrogen) atoms. The number of aromatic nitrogens is 4. The summed E-state index contributed by atoms with van der Waals surface area (Å²) in [6.45, 7) is 0. The molecule has 1 atom stereocenters. The molecule has 0 saturated carbocycles. The summed E-state index contributed by atoms with van der Waals surface area (Å²) in [6.07, 6.45) is 9.93. The van der Waals surface area contributed by atoms with Gasteiger partial charge in [-0.3, -0.25) is 0 Å². The molecule has 15 rings (SSSR count). The third kappa shape index (κ3) is 4.71. The predicted molar refractivity (Wildman–Crippen MR) is 272 cm³/mol. The zero-order valence-corrected chi connectivity index (χ0v) is 35.2. The Morgan fingerprint density at radius 3 is 1.57 bits per heavy atom. The van der Waals surface area contributed by atoms with Crippen LogP contribution in [0.3, 0.4) is 0 Å². The lowest BCUT2D eigenvalue weighted by Crippen LogP contribution is -2.06. The molecule has 0 N–H and O–H groups in total. The van der Waals surface area contributed by atoms with Gasteiger partial charge in [-0.15, -0.1) is 0 Å². The van der Waals surface area contributed by atoms with Crippen LogP contribution in [0.1, 0.15) is 12.5 Å². The van der Waals surface area contributed by atoms with E-state index in [0.29, 0.717) is 0 Å². The van der Waals surface area contributed by atoms with Crippen molar-refractivity contribution in [3.63, 3.8) is 0 Å². The molecule has 0 amide bonds. The lowest BCUT2D eigenvalue weighted by atomic mass is 10.1. The highest BCUT2D eigenvalue weighted by Crippen LogP contribution is 2.47. The first-order valence-electron chi connectivity index (χ1n) is 22.5. The van der Waals surface area contributed by atoms with Gasteiger partial charge >= 0.3 is 0 Å². The van der Waals surface area contributed by atoms with Crippen LogP contribution in [-0.4, -0.2) is 18.3 Å². The molecule has 304 valence electrons. The Bertz CT molecular complexity index is 4390. The Morgan fingerprint density at radius 2 is 0.892 bits per heavy atom. The van der Waals surface area contributed by atoms with Crippen LogP contribution in [0.4, 0.5) is 0 Å². The highest BCUT2D eigenvalue weighted by atomic mass is 16.3. The maximum atomic E-state index is 6.29. The molecule has 0 spiro atoms. The number of furan rings is 1. The lowest BCUT2D eigenvalue weighted by Gasteiger charge is -2.18. The number of hydrogen-bond acceptors (Lipinski definition) is 1. The Kier molecular flexibility index (Phi) is 7.00. The van der Waals surface area contributed by atoms with Gasteiger partial charge in [0.25, 0.3) is 0 Å². The van der Waals surface area contributed by atoms with E-state index in [2.05, 4.69) is 225 Å². The summed E-state index contributed by atoms with van der Waals surface area (Å²) < 4.78 is 16.3. The van der Waals surface area contributed by atoms with Crippen molar-refractivity contribution in [1.29, 1.82) is 0 Å². The SMILES string of the molecule is C1=CCC(n2c3ccccc3c3cc(-n4c5ccccc5c5c4ccc4c6ccc7c(c8ccccc8n7-c7ccc8oc9ccccc9c8c7)c6n(-c6ccccc6)c45)ccc32)C=C1. The summed E-state index contributed by atoms with van der Waals surface area (Å²) in [5, 5.41) is 12.2. The second kappa shape index (κ2) is 13.0. The van der Waals surface area contributed by atoms with Gasteiger partial charge in [-0.2, -0.15) is 0 Å². The summed E-state index contributed by atoms with van der Waals surface area (Å²) in [7, 11) is 0. The van der Waals surface area contributed by atoms with Crippen LogP contribution < -0.4 is 0 Å². The van der Waals surface area contributed by atoms with Crippen LogP contribution >= 0.6 is 0 Å². The van der Waals surface area contributed by atoms with Gasteiger partial charge in [0.2, 0.25) is 0 Å². The monoisotopic (exact) mass is 830 g/mol. The molecule has 9 aromatic carbocycles. The van der Waals surface area contributed by atoms with E-state index < -0.39 is 0 Å². The quantitative estimate of drug-likeness (QED) is 0.174.